The lowest BCUT2D eigenvalue weighted by atomic mass is 10.2. The first-order valence-corrected chi connectivity index (χ1v) is 4.40. The molecule has 3 nitrogen and oxygen atoms in total. The third kappa shape index (κ3) is 1.59. The van der Waals surface area contributed by atoms with Crippen LogP contribution < -0.4 is 9.47 Å². The third-order valence-corrected chi connectivity index (χ3v) is 2.17. The summed E-state index contributed by atoms with van der Waals surface area (Å²) in [6.07, 6.45) is 3.70. The van der Waals surface area contributed by atoms with Gasteiger partial charge in [0.25, 0.3) is 0 Å². The summed E-state index contributed by atoms with van der Waals surface area (Å²) >= 11 is 5.94. The Kier molecular flexibility index (Phi) is 2.41. The number of benzene rings is 1. The maximum atomic E-state index is 10.1. The minimum atomic E-state index is 0.215. The number of carbonyl (C=O) groups excluding carboxylic acids is 1. The van der Waals surface area contributed by atoms with Crippen molar-refractivity contribution in [2.75, 3.05) is 6.79 Å². The van der Waals surface area contributed by atoms with Gasteiger partial charge in [-0.3, -0.25) is 4.79 Å². The van der Waals surface area contributed by atoms with Crippen LogP contribution in [0.3, 0.4) is 0 Å². The van der Waals surface area contributed by atoms with Gasteiger partial charge in [0.15, 0.2) is 11.5 Å². The zero-order valence-corrected chi connectivity index (χ0v) is 7.95. The molecule has 0 atom stereocenters. The van der Waals surface area contributed by atoms with Crippen molar-refractivity contribution in [3.63, 3.8) is 0 Å². The summed E-state index contributed by atoms with van der Waals surface area (Å²) in [4.78, 5) is 10.1. The van der Waals surface area contributed by atoms with Gasteiger partial charge in [-0.25, -0.2) is 0 Å². The maximum Gasteiger partial charge on any atom is 0.231 e. The molecule has 0 saturated heterocycles. The van der Waals surface area contributed by atoms with Gasteiger partial charge in [-0.15, -0.1) is 0 Å². The van der Waals surface area contributed by atoms with Crippen molar-refractivity contribution in [3.05, 3.63) is 28.8 Å². The van der Waals surface area contributed by atoms with E-state index in [0.717, 1.165) is 5.56 Å². The number of carbonyl (C=O) groups is 1. The van der Waals surface area contributed by atoms with Crippen LogP contribution in [0, 0.1) is 0 Å². The quantitative estimate of drug-likeness (QED) is 0.555. The molecule has 2 rings (SSSR count). The second-order valence-corrected chi connectivity index (χ2v) is 3.13. The molecular weight excluding hydrogens is 204 g/mol. The first-order chi connectivity index (χ1) is 6.81. The third-order valence-electron chi connectivity index (χ3n) is 1.85. The highest BCUT2D eigenvalue weighted by molar-refractivity contribution is 6.32. The molecule has 0 unspecified atom stereocenters. The number of aldehydes is 1. The zero-order valence-electron chi connectivity index (χ0n) is 7.20. The number of hydrogen-bond acceptors (Lipinski definition) is 3. The Labute approximate surface area is 85.9 Å². The van der Waals surface area contributed by atoms with E-state index in [-0.39, 0.29) is 6.79 Å². The second-order valence-electron chi connectivity index (χ2n) is 2.72. The molecule has 1 aliphatic rings. The zero-order chi connectivity index (χ0) is 9.97. The van der Waals surface area contributed by atoms with Crippen LogP contribution in [-0.4, -0.2) is 13.1 Å². The Balaban J connectivity index is 2.42. The number of hydrogen-bond donors (Lipinski definition) is 0. The van der Waals surface area contributed by atoms with Crippen molar-refractivity contribution >= 4 is 24.0 Å². The fourth-order valence-corrected chi connectivity index (χ4v) is 1.42. The van der Waals surface area contributed by atoms with E-state index in [2.05, 4.69) is 0 Å². The van der Waals surface area contributed by atoms with Crippen LogP contribution in [0.4, 0.5) is 0 Å². The molecule has 4 heteroatoms. The van der Waals surface area contributed by atoms with E-state index >= 15 is 0 Å². The highest BCUT2D eigenvalue weighted by Crippen LogP contribution is 2.37. The predicted molar refractivity (Wildman–Crippen MR) is 52.7 cm³/mol. The molecule has 1 aliphatic heterocycles. The van der Waals surface area contributed by atoms with E-state index < -0.39 is 0 Å². The molecule has 72 valence electrons. The highest BCUT2D eigenvalue weighted by Gasteiger charge is 2.15. The second kappa shape index (κ2) is 3.72. The number of rotatable bonds is 2. The predicted octanol–water partition coefficient (Wildman–Crippen LogP) is 2.28. The standard InChI is InChI=1S/C10H7ClO3/c11-8-5-10-9(13-6-14-10)4-7(8)2-1-3-12/h1-5H,6H2. The van der Waals surface area contributed by atoms with E-state index in [4.69, 9.17) is 21.1 Å². The average Bonchev–Trinajstić information content (AvgIpc) is 2.61. The summed E-state index contributed by atoms with van der Waals surface area (Å²) in [5.74, 6) is 1.29. The molecule has 14 heavy (non-hydrogen) atoms. The molecule has 0 amide bonds. The van der Waals surface area contributed by atoms with Crippen molar-refractivity contribution in [2.24, 2.45) is 0 Å². The number of allylic oxidation sites excluding steroid dienone is 1. The molecule has 0 radical (unpaired) electrons. The van der Waals surface area contributed by atoms with Gasteiger partial charge in [-0.2, -0.15) is 0 Å². The summed E-state index contributed by atoms with van der Waals surface area (Å²) in [7, 11) is 0. The number of ether oxygens (including phenoxy) is 2. The Morgan fingerprint density at radius 2 is 2.00 bits per heavy atom. The Morgan fingerprint density at radius 3 is 2.71 bits per heavy atom. The summed E-state index contributed by atoms with van der Waals surface area (Å²) in [5, 5.41) is 0.535. The van der Waals surface area contributed by atoms with Gasteiger partial charge >= 0.3 is 0 Å². The van der Waals surface area contributed by atoms with Gasteiger partial charge < -0.3 is 9.47 Å². The van der Waals surface area contributed by atoms with Gasteiger partial charge in [0.05, 0.1) is 5.02 Å². The smallest absolute Gasteiger partial charge is 0.231 e. The van der Waals surface area contributed by atoms with Crippen molar-refractivity contribution in [1.29, 1.82) is 0 Å². The van der Waals surface area contributed by atoms with Gasteiger partial charge in [-0.05, 0) is 17.7 Å². The lowest BCUT2D eigenvalue weighted by molar-refractivity contribution is -0.104. The van der Waals surface area contributed by atoms with Crippen molar-refractivity contribution in [2.45, 2.75) is 0 Å². The SMILES string of the molecule is O=CC=Cc1cc2c(cc1Cl)OCO2. The molecule has 0 saturated carbocycles. The van der Waals surface area contributed by atoms with Crippen molar-refractivity contribution in [1.82, 2.24) is 0 Å². The minimum absolute atomic E-state index is 0.215. The van der Waals surface area contributed by atoms with Gasteiger partial charge in [-0.1, -0.05) is 17.7 Å². The maximum absolute atomic E-state index is 10.1. The lowest BCUT2D eigenvalue weighted by Crippen LogP contribution is -1.92. The van der Waals surface area contributed by atoms with Gasteiger partial charge in [0.1, 0.15) is 6.29 Å². The Morgan fingerprint density at radius 1 is 1.29 bits per heavy atom. The molecule has 0 bridgehead atoms. The summed E-state index contributed by atoms with van der Waals surface area (Å²) in [6.45, 7) is 0.215. The van der Waals surface area contributed by atoms with Crippen LogP contribution in [0.15, 0.2) is 18.2 Å². The first-order valence-electron chi connectivity index (χ1n) is 4.02. The number of halogens is 1. The topological polar surface area (TPSA) is 35.5 Å². The highest BCUT2D eigenvalue weighted by atomic mass is 35.5. The van der Waals surface area contributed by atoms with Crippen molar-refractivity contribution in [3.8, 4) is 11.5 Å². The molecule has 0 fully saturated rings. The van der Waals surface area contributed by atoms with Gasteiger partial charge in [0, 0.05) is 6.07 Å². The van der Waals surface area contributed by atoms with Crippen molar-refractivity contribution < 1.29 is 14.3 Å². The fourth-order valence-electron chi connectivity index (χ4n) is 1.20. The summed E-state index contributed by atoms with van der Waals surface area (Å²) in [5.41, 5.74) is 0.739. The normalized spacial score (nSPS) is 13.5. The van der Waals surface area contributed by atoms with Crippen LogP contribution >= 0.6 is 11.6 Å². The molecule has 0 aliphatic carbocycles. The van der Waals surface area contributed by atoms with Gasteiger partial charge in [0.2, 0.25) is 6.79 Å². The lowest BCUT2D eigenvalue weighted by Gasteiger charge is -2.00. The molecule has 0 spiro atoms. The molecule has 1 heterocycles. The van der Waals surface area contributed by atoms with Crippen LogP contribution in [0.1, 0.15) is 5.56 Å². The molecule has 1 aromatic rings. The van der Waals surface area contributed by atoms with E-state index in [1.807, 2.05) is 0 Å². The molecule has 0 N–H and O–H groups in total. The van der Waals surface area contributed by atoms with Crippen LogP contribution in [-0.2, 0) is 4.79 Å². The van der Waals surface area contributed by atoms with E-state index in [0.29, 0.717) is 22.8 Å². The Hall–Kier alpha value is -1.48. The monoisotopic (exact) mass is 210 g/mol. The molecular formula is C10H7ClO3. The summed E-state index contributed by atoms with van der Waals surface area (Å²) < 4.78 is 10.3. The number of fused-ring (bicyclic) bond motifs is 1. The van der Waals surface area contributed by atoms with Crippen LogP contribution in [0.25, 0.3) is 6.08 Å². The molecule has 0 aromatic heterocycles. The first kappa shape index (κ1) is 9.09. The van der Waals surface area contributed by atoms with Crippen LogP contribution in [0.5, 0.6) is 11.5 Å². The average molecular weight is 211 g/mol. The van der Waals surface area contributed by atoms with Crippen LogP contribution in [0.2, 0.25) is 5.02 Å². The van der Waals surface area contributed by atoms with E-state index in [9.17, 15) is 4.79 Å². The van der Waals surface area contributed by atoms with E-state index in [1.54, 1.807) is 18.2 Å². The summed E-state index contributed by atoms with van der Waals surface area (Å²) in [6, 6.07) is 3.42. The fraction of sp³-hybridized carbons (Fsp3) is 0.100. The minimum Gasteiger partial charge on any atom is -0.454 e. The van der Waals surface area contributed by atoms with E-state index in [1.165, 1.54) is 6.08 Å². The largest absolute Gasteiger partial charge is 0.454 e. The Bertz CT molecular complexity index is 399. The molecule has 1 aromatic carbocycles.